The molecular weight excluding hydrogens is 170 g/mol. The molecule has 0 aromatic heterocycles. The van der Waals surface area contributed by atoms with Gasteiger partial charge in [-0.2, -0.15) is 0 Å². The zero-order chi connectivity index (χ0) is 10.9. The van der Waals surface area contributed by atoms with Crippen molar-refractivity contribution in [3.05, 3.63) is 25.3 Å². The highest BCUT2D eigenvalue weighted by molar-refractivity contribution is 5.91. The van der Waals surface area contributed by atoms with Gasteiger partial charge in [-0.25, -0.2) is 4.79 Å². The maximum absolute atomic E-state index is 10.4. The van der Waals surface area contributed by atoms with Crippen molar-refractivity contribution in [3.8, 4) is 0 Å². The van der Waals surface area contributed by atoms with Gasteiger partial charge in [0.15, 0.2) is 0 Å². The molecule has 0 aromatic carbocycles. The van der Waals surface area contributed by atoms with E-state index >= 15 is 0 Å². The summed E-state index contributed by atoms with van der Waals surface area (Å²) in [6.45, 7) is 9.67. The van der Waals surface area contributed by atoms with E-state index in [-0.39, 0.29) is 12.1 Å². The van der Waals surface area contributed by atoms with Gasteiger partial charge >= 0.3 is 6.03 Å². The highest BCUT2D eigenvalue weighted by Gasteiger charge is 2.00. The Labute approximate surface area is 77.5 Å². The first-order chi connectivity index (χ1) is 6.04. The third-order valence-electron chi connectivity index (χ3n) is 1.07. The predicted octanol–water partition coefficient (Wildman–Crippen LogP) is -0.112. The molecule has 5 heteroatoms. The van der Waals surface area contributed by atoms with Gasteiger partial charge in [-0.1, -0.05) is 6.58 Å². The summed E-state index contributed by atoms with van der Waals surface area (Å²) >= 11 is 0. The number of hydrogen-bond acceptors (Lipinski definition) is 2. The van der Waals surface area contributed by atoms with Gasteiger partial charge in [0.25, 0.3) is 0 Å². The second kappa shape index (κ2) is 8.32. The van der Waals surface area contributed by atoms with E-state index in [1.807, 2.05) is 0 Å². The molecule has 5 N–H and O–H groups in total. The Bertz CT molecular complexity index is 202. The van der Waals surface area contributed by atoms with E-state index in [0.29, 0.717) is 6.42 Å². The molecule has 0 aliphatic rings. The minimum atomic E-state index is -0.623. The summed E-state index contributed by atoms with van der Waals surface area (Å²) in [6.07, 6.45) is 0.332. The number of nitrogens with one attached hydrogen (secondary N) is 1. The monoisotopic (exact) mass is 185 g/mol. The summed E-state index contributed by atoms with van der Waals surface area (Å²) in [4.78, 5) is 20.5. The average Bonchev–Trinajstić information content (AvgIpc) is 2.07. The summed E-state index contributed by atoms with van der Waals surface area (Å²) in [6, 6.07) is -0.623. The minimum absolute atomic E-state index is 0.277. The Balaban J connectivity index is 0. The van der Waals surface area contributed by atoms with Crippen LogP contribution in [-0.4, -0.2) is 18.5 Å². The fourth-order valence-corrected chi connectivity index (χ4v) is 0.460. The van der Waals surface area contributed by atoms with Crippen LogP contribution in [0.25, 0.3) is 0 Å². The van der Waals surface area contributed by atoms with Gasteiger partial charge in [-0.3, -0.25) is 4.79 Å². The zero-order valence-electron chi connectivity index (χ0n) is 7.51. The molecule has 3 amide bonds. The first kappa shape index (κ1) is 13.8. The van der Waals surface area contributed by atoms with Crippen molar-refractivity contribution >= 4 is 11.9 Å². The van der Waals surface area contributed by atoms with Gasteiger partial charge in [0, 0.05) is 12.1 Å². The number of primary amides is 2. The summed E-state index contributed by atoms with van der Waals surface area (Å²) in [7, 11) is 0. The Kier molecular flexibility index (Phi) is 8.82. The lowest BCUT2D eigenvalue weighted by molar-refractivity contribution is -0.114. The molecule has 0 saturated carbocycles. The summed E-state index contributed by atoms with van der Waals surface area (Å²) in [5.41, 5.74) is 9.91. The lowest BCUT2D eigenvalue weighted by Gasteiger charge is -2.00. The molecule has 0 unspecified atom stereocenters. The highest BCUT2D eigenvalue weighted by atomic mass is 16.2. The van der Waals surface area contributed by atoms with Gasteiger partial charge < -0.3 is 16.8 Å². The van der Waals surface area contributed by atoms with Crippen molar-refractivity contribution in [2.45, 2.75) is 6.42 Å². The third-order valence-corrected chi connectivity index (χ3v) is 1.07. The SMILES string of the molecule is C=C.C=C(CCNC(N)=O)C(N)=O. The van der Waals surface area contributed by atoms with Crippen molar-refractivity contribution in [2.75, 3.05) is 6.54 Å². The van der Waals surface area contributed by atoms with Gasteiger partial charge in [0.05, 0.1) is 0 Å². The number of hydrogen-bond donors (Lipinski definition) is 3. The van der Waals surface area contributed by atoms with Crippen LogP contribution >= 0.6 is 0 Å². The van der Waals surface area contributed by atoms with Gasteiger partial charge in [0.2, 0.25) is 5.91 Å². The maximum Gasteiger partial charge on any atom is 0.312 e. The quantitative estimate of drug-likeness (QED) is 0.420. The number of amides is 3. The van der Waals surface area contributed by atoms with Crippen molar-refractivity contribution in [2.24, 2.45) is 11.5 Å². The number of urea groups is 1. The van der Waals surface area contributed by atoms with Crippen LogP contribution in [0.1, 0.15) is 6.42 Å². The number of nitrogens with two attached hydrogens (primary N) is 2. The molecule has 13 heavy (non-hydrogen) atoms. The first-order valence-electron chi connectivity index (χ1n) is 3.55. The Hall–Kier alpha value is -1.78. The van der Waals surface area contributed by atoms with Crippen LogP contribution in [0.5, 0.6) is 0 Å². The minimum Gasteiger partial charge on any atom is -0.366 e. The average molecular weight is 185 g/mol. The molecule has 0 aliphatic carbocycles. The standard InChI is InChI=1S/C6H11N3O2.C2H4/c1-4(5(7)10)2-3-9-6(8)11;1-2/h1-3H2,(H2,7,10)(H3,8,9,11);1-2H2. The van der Waals surface area contributed by atoms with Crippen LogP contribution in [0.2, 0.25) is 0 Å². The van der Waals surface area contributed by atoms with E-state index in [1.165, 1.54) is 0 Å². The second-order valence-corrected chi connectivity index (χ2v) is 2.01. The Morgan fingerprint density at radius 2 is 1.69 bits per heavy atom. The van der Waals surface area contributed by atoms with Crippen molar-refractivity contribution < 1.29 is 9.59 Å². The molecule has 0 saturated heterocycles. The van der Waals surface area contributed by atoms with Crippen LogP contribution in [0.4, 0.5) is 4.79 Å². The molecule has 5 nitrogen and oxygen atoms in total. The Morgan fingerprint density at radius 1 is 1.23 bits per heavy atom. The molecular formula is C8H15N3O2. The molecule has 0 atom stereocenters. The van der Waals surface area contributed by atoms with Crippen LogP contribution in [0.15, 0.2) is 25.3 Å². The molecule has 0 fully saturated rings. The van der Waals surface area contributed by atoms with Crippen LogP contribution in [-0.2, 0) is 4.79 Å². The second-order valence-electron chi connectivity index (χ2n) is 2.01. The lowest BCUT2D eigenvalue weighted by Crippen LogP contribution is -2.31. The van der Waals surface area contributed by atoms with Crippen molar-refractivity contribution in [3.63, 3.8) is 0 Å². The maximum atomic E-state index is 10.4. The fraction of sp³-hybridized carbons (Fsp3) is 0.250. The third kappa shape index (κ3) is 10.2. The van der Waals surface area contributed by atoms with E-state index in [1.54, 1.807) is 0 Å². The molecule has 0 rings (SSSR count). The molecule has 0 aliphatic heterocycles. The fourth-order valence-electron chi connectivity index (χ4n) is 0.460. The van der Waals surface area contributed by atoms with Gasteiger partial charge in [0.1, 0.15) is 0 Å². The number of rotatable bonds is 4. The van der Waals surface area contributed by atoms with E-state index in [9.17, 15) is 9.59 Å². The highest BCUT2D eigenvalue weighted by Crippen LogP contribution is 1.92. The summed E-state index contributed by atoms with van der Waals surface area (Å²) in [5, 5.41) is 2.30. The Morgan fingerprint density at radius 3 is 2.00 bits per heavy atom. The van der Waals surface area contributed by atoms with Crippen LogP contribution in [0.3, 0.4) is 0 Å². The first-order valence-corrected chi connectivity index (χ1v) is 3.55. The molecule has 0 heterocycles. The molecule has 0 radical (unpaired) electrons. The largest absolute Gasteiger partial charge is 0.366 e. The van der Waals surface area contributed by atoms with E-state index in [4.69, 9.17) is 11.5 Å². The predicted molar refractivity (Wildman–Crippen MR) is 51.8 cm³/mol. The summed E-state index contributed by atoms with van der Waals surface area (Å²) < 4.78 is 0. The summed E-state index contributed by atoms with van der Waals surface area (Å²) in [5.74, 6) is -0.559. The van der Waals surface area contributed by atoms with E-state index in [0.717, 1.165) is 0 Å². The van der Waals surface area contributed by atoms with Crippen LogP contribution in [0, 0.1) is 0 Å². The zero-order valence-corrected chi connectivity index (χ0v) is 7.51. The van der Waals surface area contributed by atoms with E-state index in [2.05, 4.69) is 25.1 Å². The number of carbonyl (C=O) groups is 2. The normalized spacial score (nSPS) is 7.69. The van der Waals surface area contributed by atoms with E-state index < -0.39 is 11.9 Å². The molecule has 74 valence electrons. The van der Waals surface area contributed by atoms with Crippen molar-refractivity contribution in [1.29, 1.82) is 0 Å². The topological polar surface area (TPSA) is 98.2 Å². The number of carbonyl (C=O) groups excluding carboxylic acids is 2. The smallest absolute Gasteiger partial charge is 0.312 e. The van der Waals surface area contributed by atoms with Crippen molar-refractivity contribution in [1.82, 2.24) is 5.32 Å². The molecule has 0 aromatic rings. The lowest BCUT2D eigenvalue weighted by atomic mass is 10.2. The van der Waals surface area contributed by atoms with Gasteiger partial charge in [-0.05, 0) is 6.42 Å². The van der Waals surface area contributed by atoms with Gasteiger partial charge in [-0.15, -0.1) is 13.2 Å². The van der Waals surface area contributed by atoms with Crippen LogP contribution < -0.4 is 16.8 Å². The molecule has 0 spiro atoms. The molecule has 0 bridgehead atoms.